The number of urea groups is 1. The topological polar surface area (TPSA) is 155 Å². The van der Waals surface area contributed by atoms with E-state index in [1.54, 1.807) is 15.6 Å². The van der Waals surface area contributed by atoms with Crippen LogP contribution in [0, 0.1) is 0 Å². The van der Waals surface area contributed by atoms with Crippen molar-refractivity contribution in [2.45, 2.75) is 25.4 Å². The van der Waals surface area contributed by atoms with Crippen LogP contribution in [-0.2, 0) is 16.1 Å². The molecule has 3 fully saturated rings. The Kier molecular flexibility index (Phi) is 5.88. The largest absolute Gasteiger partial charge is 0.378 e. The summed E-state index contributed by atoms with van der Waals surface area (Å²) in [4.78, 5) is 47.1. The molecule has 1 saturated carbocycles. The molecule has 2 aromatic heterocycles. The Bertz CT molecular complexity index is 1410. The summed E-state index contributed by atoms with van der Waals surface area (Å²) in [7, 11) is 0. The lowest BCUT2D eigenvalue weighted by Crippen LogP contribution is -2.40. The second-order valence-electron chi connectivity index (χ2n) is 9.05. The zero-order valence-corrected chi connectivity index (χ0v) is 19.9. The first-order valence-electron chi connectivity index (χ1n) is 12.1. The Morgan fingerprint density at radius 3 is 2.59 bits per heavy atom. The van der Waals surface area contributed by atoms with Gasteiger partial charge in [0.2, 0.25) is 11.9 Å². The van der Waals surface area contributed by atoms with Crippen LogP contribution in [0.2, 0.25) is 0 Å². The minimum absolute atomic E-state index is 0.00176. The van der Waals surface area contributed by atoms with Gasteiger partial charge in [-0.2, -0.15) is 19.6 Å². The van der Waals surface area contributed by atoms with Crippen molar-refractivity contribution in [2.24, 2.45) is 0 Å². The predicted octanol–water partition coefficient (Wildman–Crippen LogP) is 0.963. The molecule has 0 unspecified atom stereocenters. The summed E-state index contributed by atoms with van der Waals surface area (Å²) >= 11 is 0. The second-order valence-corrected chi connectivity index (χ2v) is 9.05. The summed E-state index contributed by atoms with van der Waals surface area (Å²) in [6, 6.07) is 7.20. The van der Waals surface area contributed by atoms with Crippen molar-refractivity contribution >= 4 is 41.5 Å². The van der Waals surface area contributed by atoms with Crippen LogP contribution in [0.4, 0.5) is 16.7 Å². The molecule has 2 saturated heterocycles. The molecule has 13 heteroatoms. The zero-order valence-electron chi connectivity index (χ0n) is 19.9. The SMILES string of the molecule is O=C1NC(=O)/C(=C/c2cnn3c(NC4CC4)nc(NCc4ccc(C(=O)N5CCOCC5)cc4)nc23)N1. The first-order valence-corrected chi connectivity index (χ1v) is 12.1. The molecule has 1 aliphatic carbocycles. The van der Waals surface area contributed by atoms with Crippen LogP contribution in [0.25, 0.3) is 11.7 Å². The second kappa shape index (κ2) is 9.50. The lowest BCUT2D eigenvalue weighted by Gasteiger charge is -2.26. The van der Waals surface area contributed by atoms with Crippen LogP contribution in [0.5, 0.6) is 0 Å². The number of fused-ring (bicyclic) bond motifs is 1. The van der Waals surface area contributed by atoms with Crippen molar-refractivity contribution in [1.29, 1.82) is 0 Å². The lowest BCUT2D eigenvalue weighted by molar-refractivity contribution is -0.115. The van der Waals surface area contributed by atoms with Gasteiger partial charge in [-0.1, -0.05) is 12.1 Å². The van der Waals surface area contributed by atoms with E-state index in [1.807, 2.05) is 24.3 Å². The third-order valence-electron chi connectivity index (χ3n) is 6.28. The van der Waals surface area contributed by atoms with E-state index in [0.717, 1.165) is 18.4 Å². The van der Waals surface area contributed by atoms with Crippen LogP contribution in [0.15, 0.2) is 36.2 Å². The van der Waals surface area contributed by atoms with Gasteiger partial charge in [-0.15, -0.1) is 0 Å². The maximum atomic E-state index is 12.7. The van der Waals surface area contributed by atoms with Crippen molar-refractivity contribution in [3.05, 3.63) is 52.8 Å². The molecule has 4 amide bonds. The summed E-state index contributed by atoms with van der Waals surface area (Å²) in [6.45, 7) is 2.77. The highest BCUT2D eigenvalue weighted by atomic mass is 16.5. The number of carbonyl (C=O) groups is 3. The van der Waals surface area contributed by atoms with Crippen LogP contribution in [-0.4, -0.2) is 74.7 Å². The molecule has 0 radical (unpaired) electrons. The molecule has 13 nitrogen and oxygen atoms in total. The van der Waals surface area contributed by atoms with Gasteiger partial charge in [-0.05, 0) is 36.6 Å². The van der Waals surface area contributed by atoms with Gasteiger partial charge < -0.3 is 25.6 Å². The van der Waals surface area contributed by atoms with E-state index in [2.05, 4.69) is 36.3 Å². The standard InChI is InChI=1S/C24H25N9O4/c34-20-18(28-24(36)30-20)11-16-13-26-33-19(16)29-22(31-23(33)27-17-5-6-17)25-12-14-1-3-15(4-2-14)21(35)32-7-9-37-10-8-32/h1-4,11,13,17H,5-10,12H2,(H2,25,27,29,31)(H2,28,30,34,36)/b18-11-. The number of nitrogens with zero attached hydrogens (tertiary/aromatic N) is 5. The zero-order chi connectivity index (χ0) is 25.4. The summed E-state index contributed by atoms with van der Waals surface area (Å²) in [5.41, 5.74) is 2.76. The molecule has 190 valence electrons. The molecule has 0 atom stereocenters. The molecule has 0 bridgehead atoms. The van der Waals surface area contributed by atoms with E-state index in [0.29, 0.717) is 67.6 Å². The van der Waals surface area contributed by atoms with Crippen molar-refractivity contribution in [3.8, 4) is 0 Å². The molecule has 0 spiro atoms. The number of anilines is 2. The molecule has 2 aliphatic heterocycles. The fourth-order valence-corrected chi connectivity index (χ4v) is 4.11. The summed E-state index contributed by atoms with van der Waals surface area (Å²) in [5.74, 6) is 0.403. The van der Waals surface area contributed by atoms with E-state index in [-0.39, 0.29) is 11.6 Å². The third-order valence-corrected chi connectivity index (χ3v) is 6.28. The van der Waals surface area contributed by atoms with E-state index < -0.39 is 11.9 Å². The Hall–Kier alpha value is -4.52. The summed E-state index contributed by atoms with van der Waals surface area (Å²) in [6.07, 6.45) is 5.20. The number of morpholine rings is 1. The van der Waals surface area contributed by atoms with Gasteiger partial charge in [0.05, 0.1) is 19.4 Å². The van der Waals surface area contributed by atoms with Crippen molar-refractivity contribution < 1.29 is 19.1 Å². The van der Waals surface area contributed by atoms with E-state index in [4.69, 9.17) is 4.74 Å². The fraction of sp³-hybridized carbons (Fsp3) is 0.333. The maximum absolute atomic E-state index is 12.7. The average Bonchev–Trinajstić information content (AvgIpc) is 3.55. The normalized spacial score (nSPS) is 18.7. The summed E-state index contributed by atoms with van der Waals surface area (Å²) in [5, 5.41) is 15.6. The third kappa shape index (κ3) is 4.93. The number of ether oxygens (including phenoxy) is 1. The minimum atomic E-state index is -0.571. The van der Waals surface area contributed by atoms with Gasteiger partial charge in [-0.3, -0.25) is 14.9 Å². The smallest absolute Gasteiger partial charge is 0.326 e. The molecule has 3 aliphatic rings. The molecule has 4 heterocycles. The number of aromatic nitrogens is 4. The first kappa shape index (κ1) is 22.9. The number of hydrogen-bond donors (Lipinski definition) is 4. The lowest BCUT2D eigenvalue weighted by atomic mass is 10.1. The van der Waals surface area contributed by atoms with Gasteiger partial charge in [0.1, 0.15) is 5.70 Å². The highest BCUT2D eigenvalue weighted by molar-refractivity contribution is 6.14. The number of amides is 4. The van der Waals surface area contributed by atoms with Gasteiger partial charge in [0, 0.05) is 36.8 Å². The fourth-order valence-electron chi connectivity index (χ4n) is 4.11. The van der Waals surface area contributed by atoms with Crippen molar-refractivity contribution in [3.63, 3.8) is 0 Å². The Labute approximate surface area is 211 Å². The highest BCUT2D eigenvalue weighted by Gasteiger charge is 2.26. The van der Waals surface area contributed by atoms with Crippen molar-refractivity contribution in [1.82, 2.24) is 35.1 Å². The number of imide groups is 1. The Balaban J connectivity index is 1.21. The van der Waals surface area contributed by atoms with Crippen molar-refractivity contribution in [2.75, 3.05) is 36.9 Å². The summed E-state index contributed by atoms with van der Waals surface area (Å²) < 4.78 is 6.90. The van der Waals surface area contributed by atoms with Crippen LogP contribution < -0.4 is 21.3 Å². The minimum Gasteiger partial charge on any atom is -0.378 e. The quantitative estimate of drug-likeness (QED) is 0.273. The Morgan fingerprint density at radius 2 is 1.89 bits per heavy atom. The van der Waals surface area contributed by atoms with Crippen LogP contribution in [0.3, 0.4) is 0 Å². The highest BCUT2D eigenvalue weighted by Crippen LogP contribution is 2.26. The van der Waals surface area contributed by atoms with Gasteiger partial charge >= 0.3 is 6.03 Å². The van der Waals surface area contributed by atoms with Gasteiger partial charge in [-0.25, -0.2) is 4.79 Å². The molecular weight excluding hydrogens is 478 g/mol. The molecule has 1 aromatic carbocycles. The van der Waals surface area contributed by atoms with Crippen LogP contribution in [0.1, 0.15) is 34.3 Å². The maximum Gasteiger partial charge on any atom is 0.326 e. The van der Waals surface area contributed by atoms with Crippen LogP contribution >= 0.6 is 0 Å². The van der Waals surface area contributed by atoms with E-state index in [1.165, 1.54) is 6.08 Å². The number of rotatable bonds is 7. The predicted molar refractivity (Wildman–Crippen MR) is 133 cm³/mol. The molecule has 3 aromatic rings. The number of benzene rings is 1. The molecular formula is C24H25N9O4. The Morgan fingerprint density at radius 1 is 1.11 bits per heavy atom. The van der Waals surface area contributed by atoms with E-state index in [9.17, 15) is 14.4 Å². The molecule has 6 rings (SSSR count). The number of nitrogens with one attached hydrogen (secondary N) is 4. The molecule has 4 N–H and O–H groups in total. The monoisotopic (exact) mass is 503 g/mol. The number of hydrogen-bond acceptors (Lipinski definition) is 9. The first-order chi connectivity index (χ1) is 18.0. The van der Waals surface area contributed by atoms with E-state index >= 15 is 0 Å². The van der Waals surface area contributed by atoms with Gasteiger partial charge in [0.15, 0.2) is 5.65 Å². The average molecular weight is 504 g/mol. The number of carbonyl (C=O) groups excluding carboxylic acids is 3. The molecule has 37 heavy (non-hydrogen) atoms. The van der Waals surface area contributed by atoms with Gasteiger partial charge in [0.25, 0.3) is 11.8 Å².